The van der Waals surface area contributed by atoms with Gasteiger partial charge in [0.2, 0.25) is 0 Å². The summed E-state index contributed by atoms with van der Waals surface area (Å²) in [5.41, 5.74) is 0. The first kappa shape index (κ1) is 13.9. The summed E-state index contributed by atoms with van der Waals surface area (Å²) in [7, 11) is -2.95. The third kappa shape index (κ3) is 4.03. The second kappa shape index (κ2) is 5.47. The first-order valence-electron chi connectivity index (χ1n) is 5.93. The Morgan fingerprint density at radius 1 is 1.38 bits per heavy atom. The SMILES string of the molecule is CC(O)CC(C)NC1CCCC1S(C)(=O)=O. The van der Waals surface area contributed by atoms with Crippen LogP contribution in [0.3, 0.4) is 0 Å². The van der Waals surface area contributed by atoms with E-state index in [1.54, 1.807) is 6.92 Å². The highest BCUT2D eigenvalue weighted by atomic mass is 32.2. The lowest BCUT2D eigenvalue weighted by Crippen LogP contribution is -2.45. The van der Waals surface area contributed by atoms with Gasteiger partial charge in [-0.05, 0) is 33.1 Å². The van der Waals surface area contributed by atoms with Gasteiger partial charge in [-0.15, -0.1) is 0 Å². The monoisotopic (exact) mass is 249 g/mol. The molecule has 1 aliphatic rings. The van der Waals surface area contributed by atoms with Crippen LogP contribution in [-0.4, -0.2) is 43.2 Å². The standard InChI is InChI=1S/C11H23NO3S/c1-8(7-9(2)13)12-10-5-4-6-11(10)16(3,14)15/h8-13H,4-7H2,1-3H3. The van der Waals surface area contributed by atoms with Gasteiger partial charge in [0, 0.05) is 18.3 Å². The average molecular weight is 249 g/mol. The first-order valence-corrected chi connectivity index (χ1v) is 7.89. The van der Waals surface area contributed by atoms with Gasteiger partial charge in [-0.3, -0.25) is 0 Å². The molecule has 0 aromatic carbocycles. The summed E-state index contributed by atoms with van der Waals surface area (Å²) in [5.74, 6) is 0. The Hall–Kier alpha value is -0.130. The Balaban J connectivity index is 2.53. The zero-order chi connectivity index (χ0) is 12.3. The topological polar surface area (TPSA) is 66.4 Å². The molecule has 4 atom stereocenters. The van der Waals surface area contributed by atoms with Crippen LogP contribution in [0, 0.1) is 0 Å². The summed E-state index contributed by atoms with van der Waals surface area (Å²) in [6, 6.07) is 0.219. The lowest BCUT2D eigenvalue weighted by molar-refractivity contribution is 0.168. The van der Waals surface area contributed by atoms with Crippen molar-refractivity contribution in [3.05, 3.63) is 0 Å². The Kier molecular flexibility index (Phi) is 4.76. The molecule has 0 aromatic rings. The molecule has 0 saturated heterocycles. The number of sulfone groups is 1. The summed E-state index contributed by atoms with van der Waals surface area (Å²) in [6.45, 7) is 3.74. The highest BCUT2D eigenvalue weighted by Crippen LogP contribution is 2.25. The van der Waals surface area contributed by atoms with Crippen LogP contribution in [0.15, 0.2) is 0 Å². The van der Waals surface area contributed by atoms with E-state index in [1.165, 1.54) is 6.26 Å². The van der Waals surface area contributed by atoms with Crippen molar-refractivity contribution in [3.63, 3.8) is 0 Å². The van der Waals surface area contributed by atoms with Gasteiger partial charge < -0.3 is 10.4 Å². The van der Waals surface area contributed by atoms with E-state index < -0.39 is 9.84 Å². The van der Waals surface area contributed by atoms with Crippen molar-refractivity contribution in [2.75, 3.05) is 6.26 Å². The zero-order valence-electron chi connectivity index (χ0n) is 10.3. The highest BCUT2D eigenvalue weighted by molar-refractivity contribution is 7.91. The van der Waals surface area contributed by atoms with E-state index in [1.807, 2.05) is 6.92 Å². The molecule has 0 amide bonds. The van der Waals surface area contributed by atoms with Crippen molar-refractivity contribution < 1.29 is 13.5 Å². The molecule has 0 aliphatic heterocycles. The van der Waals surface area contributed by atoms with Gasteiger partial charge >= 0.3 is 0 Å². The molecular weight excluding hydrogens is 226 g/mol. The molecule has 0 spiro atoms. The molecule has 5 heteroatoms. The van der Waals surface area contributed by atoms with Gasteiger partial charge in [-0.1, -0.05) is 6.42 Å². The van der Waals surface area contributed by atoms with Gasteiger partial charge in [0.1, 0.15) is 0 Å². The summed E-state index contributed by atoms with van der Waals surface area (Å²) in [4.78, 5) is 0. The maximum absolute atomic E-state index is 11.6. The van der Waals surface area contributed by atoms with Gasteiger partial charge in [0.15, 0.2) is 9.84 Å². The molecule has 1 saturated carbocycles. The summed E-state index contributed by atoms with van der Waals surface area (Å²) in [6.07, 6.45) is 4.28. The maximum atomic E-state index is 11.6. The molecule has 1 aliphatic carbocycles. The largest absolute Gasteiger partial charge is 0.393 e. The molecule has 0 bridgehead atoms. The van der Waals surface area contributed by atoms with Gasteiger partial charge in [0.05, 0.1) is 11.4 Å². The predicted octanol–water partition coefficient (Wildman–Crippen LogP) is 0.701. The number of nitrogens with one attached hydrogen (secondary N) is 1. The summed E-state index contributed by atoms with van der Waals surface area (Å²) >= 11 is 0. The summed E-state index contributed by atoms with van der Waals surface area (Å²) in [5, 5.41) is 12.3. The van der Waals surface area contributed by atoms with E-state index in [2.05, 4.69) is 5.32 Å². The molecule has 1 rings (SSSR count). The smallest absolute Gasteiger partial charge is 0.151 e. The quantitative estimate of drug-likeness (QED) is 0.753. The molecule has 0 radical (unpaired) electrons. The number of rotatable bonds is 5. The van der Waals surface area contributed by atoms with Gasteiger partial charge in [-0.25, -0.2) is 8.42 Å². The van der Waals surface area contributed by atoms with Gasteiger partial charge in [0.25, 0.3) is 0 Å². The predicted molar refractivity (Wildman–Crippen MR) is 65.2 cm³/mol. The van der Waals surface area contributed by atoms with Crippen molar-refractivity contribution in [1.29, 1.82) is 0 Å². The lowest BCUT2D eigenvalue weighted by atomic mass is 10.1. The van der Waals surface area contributed by atoms with Crippen LogP contribution >= 0.6 is 0 Å². The van der Waals surface area contributed by atoms with E-state index in [-0.39, 0.29) is 23.4 Å². The van der Waals surface area contributed by atoms with Crippen molar-refractivity contribution in [2.24, 2.45) is 0 Å². The normalized spacial score (nSPS) is 30.2. The number of hydrogen-bond donors (Lipinski definition) is 2. The average Bonchev–Trinajstić information content (AvgIpc) is 2.48. The Labute approximate surface area is 98.4 Å². The number of hydrogen-bond acceptors (Lipinski definition) is 4. The van der Waals surface area contributed by atoms with Crippen molar-refractivity contribution in [3.8, 4) is 0 Å². The minimum atomic E-state index is -2.95. The third-order valence-corrected chi connectivity index (χ3v) is 4.86. The lowest BCUT2D eigenvalue weighted by Gasteiger charge is -2.24. The van der Waals surface area contributed by atoms with Crippen LogP contribution in [-0.2, 0) is 9.84 Å². The number of aliphatic hydroxyl groups excluding tert-OH is 1. The van der Waals surface area contributed by atoms with Crippen LogP contribution in [0.5, 0.6) is 0 Å². The molecular formula is C11H23NO3S. The zero-order valence-corrected chi connectivity index (χ0v) is 11.1. The minimum Gasteiger partial charge on any atom is -0.393 e. The second-order valence-corrected chi connectivity index (χ2v) is 7.32. The maximum Gasteiger partial charge on any atom is 0.151 e. The van der Waals surface area contributed by atoms with E-state index in [0.29, 0.717) is 6.42 Å². The van der Waals surface area contributed by atoms with E-state index >= 15 is 0 Å². The van der Waals surface area contributed by atoms with Crippen LogP contribution in [0.2, 0.25) is 0 Å². The van der Waals surface area contributed by atoms with Crippen molar-refractivity contribution in [1.82, 2.24) is 5.32 Å². The fraction of sp³-hybridized carbons (Fsp3) is 1.00. The molecule has 16 heavy (non-hydrogen) atoms. The molecule has 96 valence electrons. The molecule has 2 N–H and O–H groups in total. The second-order valence-electron chi connectivity index (χ2n) is 5.06. The number of aliphatic hydroxyl groups is 1. The van der Waals surface area contributed by atoms with Crippen LogP contribution in [0.1, 0.15) is 39.5 Å². The van der Waals surface area contributed by atoms with Gasteiger partial charge in [-0.2, -0.15) is 0 Å². The minimum absolute atomic E-state index is 0.0590. The molecule has 4 unspecified atom stereocenters. The van der Waals surface area contributed by atoms with E-state index in [4.69, 9.17) is 0 Å². The van der Waals surface area contributed by atoms with E-state index in [0.717, 1.165) is 19.3 Å². The fourth-order valence-electron chi connectivity index (χ4n) is 2.57. The van der Waals surface area contributed by atoms with Crippen molar-refractivity contribution in [2.45, 2.75) is 63.0 Å². The Morgan fingerprint density at radius 2 is 2.00 bits per heavy atom. The molecule has 0 aromatic heterocycles. The van der Waals surface area contributed by atoms with E-state index in [9.17, 15) is 13.5 Å². The molecule has 4 nitrogen and oxygen atoms in total. The highest BCUT2D eigenvalue weighted by Gasteiger charge is 2.35. The van der Waals surface area contributed by atoms with Crippen LogP contribution < -0.4 is 5.32 Å². The van der Waals surface area contributed by atoms with Crippen LogP contribution in [0.4, 0.5) is 0 Å². The molecule has 1 fully saturated rings. The summed E-state index contributed by atoms with van der Waals surface area (Å²) < 4.78 is 23.1. The molecule has 0 heterocycles. The van der Waals surface area contributed by atoms with Crippen molar-refractivity contribution >= 4 is 9.84 Å². The van der Waals surface area contributed by atoms with Crippen LogP contribution in [0.25, 0.3) is 0 Å². The Morgan fingerprint density at radius 3 is 2.50 bits per heavy atom. The fourth-order valence-corrected chi connectivity index (χ4v) is 3.98. The Bertz CT molecular complexity index is 313. The first-order chi connectivity index (χ1) is 7.30. The third-order valence-electron chi connectivity index (χ3n) is 3.20.